The molecule has 7 heteroatoms. The van der Waals surface area contributed by atoms with E-state index in [1.54, 1.807) is 0 Å². The van der Waals surface area contributed by atoms with Crippen molar-refractivity contribution < 1.29 is 13.6 Å². The molecule has 0 spiro atoms. The number of hydrogen-bond acceptors (Lipinski definition) is 6. The molecule has 0 aliphatic carbocycles. The maximum Gasteiger partial charge on any atom is 0.762 e. The molecular formula is C15H31N3O3Si. The van der Waals surface area contributed by atoms with Crippen LogP contribution in [0.5, 0.6) is 0 Å². The molecular weight excluding hydrogens is 298 g/mol. The largest absolute Gasteiger partial charge is 0.762 e. The molecule has 6 nitrogen and oxygen atoms in total. The molecule has 0 aromatic rings. The third-order valence-electron chi connectivity index (χ3n) is 3.11. The third-order valence-corrected chi connectivity index (χ3v) is 5.33. The molecule has 0 atom stereocenters. The van der Waals surface area contributed by atoms with Crippen molar-refractivity contribution in [3.8, 4) is 0 Å². The molecule has 0 amide bonds. The first-order chi connectivity index (χ1) is 10.4. The Morgan fingerprint density at radius 1 is 0.682 bits per heavy atom. The summed E-state index contributed by atoms with van der Waals surface area (Å²) in [5.74, 6) is 0. The Balaban J connectivity index is 5.32. The highest BCUT2D eigenvalue weighted by molar-refractivity contribution is 6.60. The normalized spacial score (nSPS) is 16.2. The van der Waals surface area contributed by atoms with E-state index in [1.807, 2.05) is 48.5 Å². The van der Waals surface area contributed by atoms with E-state index in [9.17, 15) is 0 Å². The molecule has 0 saturated heterocycles. The van der Waals surface area contributed by atoms with Gasteiger partial charge in [-0.2, -0.15) is 0 Å². The fraction of sp³-hybridized carbons (Fsp3) is 0.800. The number of rotatable bonds is 11. The highest BCUT2D eigenvalue weighted by Crippen LogP contribution is 2.20. The summed E-state index contributed by atoms with van der Waals surface area (Å²) < 4.78 is 17.0. The van der Waals surface area contributed by atoms with Gasteiger partial charge in [-0.05, 0) is 46.5 Å². The molecule has 0 aromatic heterocycles. The Hall–Kier alpha value is -1.37. The minimum Gasteiger partial charge on any atom is -0.373 e. The first-order valence-corrected chi connectivity index (χ1v) is 10.0. The molecule has 0 aliphatic rings. The zero-order valence-corrected chi connectivity index (χ0v) is 16.1. The van der Waals surface area contributed by atoms with Crippen LogP contribution in [0.25, 0.3) is 0 Å². The summed E-state index contributed by atoms with van der Waals surface area (Å²) in [6, 6.07) is 0.606. The van der Waals surface area contributed by atoms with E-state index in [0.29, 0.717) is 6.04 Å². The van der Waals surface area contributed by atoms with Crippen LogP contribution in [0.3, 0.4) is 0 Å². The summed E-state index contributed by atoms with van der Waals surface area (Å²) in [5.41, 5.74) is 2.65. The molecule has 0 aromatic carbocycles. The quantitative estimate of drug-likeness (QED) is 0.312. The molecule has 0 bridgehead atoms. The van der Waals surface area contributed by atoms with Crippen LogP contribution < -0.4 is 0 Å². The van der Waals surface area contributed by atoms with Crippen LogP contribution in [0.4, 0.5) is 0 Å². The van der Waals surface area contributed by atoms with Crippen molar-refractivity contribution in [1.82, 2.24) is 0 Å². The second kappa shape index (κ2) is 11.2. The van der Waals surface area contributed by atoms with Crippen molar-refractivity contribution in [2.75, 3.05) is 0 Å². The summed E-state index contributed by atoms with van der Waals surface area (Å²) >= 11 is 0. The van der Waals surface area contributed by atoms with Crippen molar-refractivity contribution in [3.63, 3.8) is 0 Å². The summed E-state index contributed by atoms with van der Waals surface area (Å²) in [5, 5.41) is 12.4. The van der Waals surface area contributed by atoms with Gasteiger partial charge in [-0.1, -0.05) is 27.7 Å². The number of nitrogens with zero attached hydrogens (tertiary/aromatic N) is 3. The van der Waals surface area contributed by atoms with Crippen molar-refractivity contribution in [2.24, 2.45) is 15.5 Å². The van der Waals surface area contributed by atoms with Gasteiger partial charge in [0.05, 0.1) is 23.2 Å². The fourth-order valence-corrected chi connectivity index (χ4v) is 3.00. The van der Waals surface area contributed by atoms with Crippen LogP contribution in [-0.2, 0) is 13.6 Å². The van der Waals surface area contributed by atoms with E-state index < -0.39 is 8.80 Å². The first kappa shape index (κ1) is 20.6. The fourth-order valence-electron chi connectivity index (χ4n) is 1.13. The molecule has 0 saturated carbocycles. The predicted octanol–water partition coefficient (Wildman–Crippen LogP) is 4.74. The summed E-state index contributed by atoms with van der Waals surface area (Å²) in [6.45, 7) is 13.8. The Bertz CT molecular complexity index is 354. The van der Waals surface area contributed by atoms with E-state index >= 15 is 0 Å². The lowest BCUT2D eigenvalue weighted by Gasteiger charge is -2.22. The van der Waals surface area contributed by atoms with Gasteiger partial charge in [-0.3, -0.25) is 0 Å². The molecule has 128 valence electrons. The van der Waals surface area contributed by atoms with Crippen LogP contribution in [0, 0.1) is 0 Å². The monoisotopic (exact) mass is 329 g/mol. The smallest absolute Gasteiger partial charge is 0.373 e. The third kappa shape index (κ3) is 8.16. The Labute approximate surface area is 135 Å². The summed E-state index contributed by atoms with van der Waals surface area (Å²) in [4.78, 5) is 0. The minimum atomic E-state index is -3.10. The lowest BCUT2D eigenvalue weighted by atomic mass is 10.3. The van der Waals surface area contributed by atoms with Gasteiger partial charge < -0.3 is 13.6 Å². The number of oxime groups is 3. The average molecular weight is 330 g/mol. The van der Waals surface area contributed by atoms with Crippen LogP contribution in [0.2, 0.25) is 6.04 Å². The van der Waals surface area contributed by atoms with Crippen LogP contribution in [0.1, 0.15) is 74.1 Å². The van der Waals surface area contributed by atoms with Crippen LogP contribution in [-0.4, -0.2) is 25.9 Å². The molecule has 0 unspecified atom stereocenters. The lowest BCUT2D eigenvalue weighted by Crippen LogP contribution is -2.42. The minimum absolute atomic E-state index is 0.606. The van der Waals surface area contributed by atoms with Crippen molar-refractivity contribution in [3.05, 3.63) is 0 Å². The second-order valence-electron chi connectivity index (χ2n) is 5.25. The first-order valence-electron chi connectivity index (χ1n) is 8.07. The Morgan fingerprint density at radius 2 is 1.00 bits per heavy atom. The molecule has 22 heavy (non-hydrogen) atoms. The predicted molar refractivity (Wildman–Crippen MR) is 94.3 cm³/mol. The van der Waals surface area contributed by atoms with E-state index in [1.165, 1.54) is 0 Å². The zero-order chi connectivity index (χ0) is 17.0. The highest BCUT2D eigenvalue weighted by Gasteiger charge is 2.50. The van der Waals surface area contributed by atoms with Gasteiger partial charge >= 0.3 is 8.80 Å². The van der Waals surface area contributed by atoms with Gasteiger partial charge in [0.25, 0.3) is 0 Å². The molecule has 0 radical (unpaired) electrons. The van der Waals surface area contributed by atoms with Gasteiger partial charge in [0.1, 0.15) is 0 Å². The van der Waals surface area contributed by atoms with Crippen LogP contribution >= 0.6 is 0 Å². The molecule has 0 aliphatic heterocycles. The van der Waals surface area contributed by atoms with E-state index in [0.717, 1.165) is 42.8 Å². The van der Waals surface area contributed by atoms with Crippen molar-refractivity contribution >= 4 is 25.9 Å². The SMILES string of the molecule is CCC[Si](ON=C(C)CC)(ON=C(C)CC)ON=C(C)CC. The van der Waals surface area contributed by atoms with Crippen molar-refractivity contribution in [2.45, 2.75) is 80.2 Å². The Morgan fingerprint density at radius 3 is 1.23 bits per heavy atom. The standard InChI is InChI=1S/C15H31N3O3Si/c1-8-12-22(19-16-13(5)9-2,20-17-14(6)10-3)21-18-15(7)11-4/h8-12H2,1-7H3. The van der Waals surface area contributed by atoms with Gasteiger partial charge in [-0.15, -0.1) is 15.5 Å². The molecule has 0 heterocycles. The van der Waals surface area contributed by atoms with Gasteiger partial charge in [0.2, 0.25) is 0 Å². The maximum atomic E-state index is 5.68. The highest BCUT2D eigenvalue weighted by atomic mass is 28.4. The summed E-state index contributed by atoms with van der Waals surface area (Å²) in [7, 11) is -3.10. The topological polar surface area (TPSA) is 64.8 Å². The van der Waals surface area contributed by atoms with Gasteiger partial charge in [-0.25, -0.2) is 0 Å². The Kier molecular flexibility index (Phi) is 10.5. The van der Waals surface area contributed by atoms with E-state index in [4.69, 9.17) is 13.6 Å². The average Bonchev–Trinajstić information content (AvgIpc) is 2.54. The lowest BCUT2D eigenvalue weighted by molar-refractivity contribution is 0.0652. The van der Waals surface area contributed by atoms with E-state index in [-0.39, 0.29) is 0 Å². The summed E-state index contributed by atoms with van der Waals surface area (Å²) in [6.07, 6.45) is 3.27. The molecule has 0 fully saturated rings. The molecule has 0 N–H and O–H groups in total. The molecule has 0 rings (SSSR count). The number of hydrogen-bond donors (Lipinski definition) is 0. The maximum absolute atomic E-state index is 5.68. The van der Waals surface area contributed by atoms with Crippen LogP contribution in [0.15, 0.2) is 15.5 Å². The van der Waals surface area contributed by atoms with Gasteiger partial charge in [0, 0.05) is 0 Å². The van der Waals surface area contributed by atoms with E-state index in [2.05, 4.69) is 15.5 Å². The van der Waals surface area contributed by atoms with Gasteiger partial charge in [0.15, 0.2) is 0 Å². The second-order valence-corrected chi connectivity index (χ2v) is 7.66. The van der Waals surface area contributed by atoms with Crippen molar-refractivity contribution in [1.29, 1.82) is 0 Å². The zero-order valence-electron chi connectivity index (χ0n) is 15.1.